The molecule has 188 valence electrons. The van der Waals surface area contributed by atoms with Gasteiger partial charge in [-0.05, 0) is 79.6 Å². The molecule has 0 amide bonds. The van der Waals surface area contributed by atoms with E-state index in [0.29, 0.717) is 12.3 Å². The second-order valence-electron chi connectivity index (χ2n) is 9.17. The lowest BCUT2D eigenvalue weighted by molar-refractivity contribution is 0.0608. The molecule has 2 N–H and O–H groups in total. The van der Waals surface area contributed by atoms with Gasteiger partial charge in [-0.3, -0.25) is 4.98 Å². The van der Waals surface area contributed by atoms with Crippen LogP contribution in [0, 0.1) is 11.8 Å². The van der Waals surface area contributed by atoms with Crippen molar-refractivity contribution in [1.29, 1.82) is 0 Å². The van der Waals surface area contributed by atoms with Gasteiger partial charge in [0.2, 0.25) is 0 Å². The number of likely N-dealkylation sites (tertiary alicyclic amines) is 1. The van der Waals surface area contributed by atoms with Crippen molar-refractivity contribution in [3.05, 3.63) is 60.3 Å². The minimum absolute atomic E-state index is 0.187. The highest BCUT2D eigenvalue weighted by molar-refractivity contribution is 7.99. The minimum atomic E-state index is -0.567. The quantitative estimate of drug-likeness (QED) is 0.370. The molecule has 0 saturated carbocycles. The highest BCUT2D eigenvalue weighted by Gasteiger charge is 2.29. The molecule has 35 heavy (non-hydrogen) atoms. The first kappa shape index (κ1) is 25.8. The number of rotatable bonds is 11. The van der Waals surface area contributed by atoms with Crippen LogP contribution >= 0.6 is 11.8 Å². The molecule has 2 aromatic carbocycles. The van der Waals surface area contributed by atoms with E-state index in [2.05, 4.69) is 16.0 Å². The zero-order valence-electron chi connectivity index (χ0n) is 20.6. The van der Waals surface area contributed by atoms with Crippen LogP contribution in [-0.2, 0) is 0 Å². The molecule has 0 radical (unpaired) electrons. The summed E-state index contributed by atoms with van der Waals surface area (Å²) in [7, 11) is 3.35. The molecule has 4 rings (SSSR count). The highest BCUT2D eigenvalue weighted by Crippen LogP contribution is 2.34. The predicted octanol–water partition coefficient (Wildman–Crippen LogP) is 4.79. The summed E-state index contributed by atoms with van der Waals surface area (Å²) >= 11 is 1.81. The van der Waals surface area contributed by atoms with E-state index in [1.807, 2.05) is 54.2 Å². The Morgan fingerprint density at radius 1 is 1.11 bits per heavy atom. The van der Waals surface area contributed by atoms with Crippen molar-refractivity contribution in [2.45, 2.75) is 30.3 Å². The SMILES string of the molecule is COc1ccc2nccc([C@@H](O)CC[C@@H]3CCN(CCSc4ccccc4OC)C[C@@H]3CO)c2c1. The van der Waals surface area contributed by atoms with Crippen LogP contribution in [0.3, 0.4) is 0 Å². The van der Waals surface area contributed by atoms with Crippen LogP contribution in [0.2, 0.25) is 0 Å². The van der Waals surface area contributed by atoms with Gasteiger partial charge < -0.3 is 24.6 Å². The molecule has 1 aliphatic rings. The van der Waals surface area contributed by atoms with E-state index in [1.165, 1.54) is 4.90 Å². The maximum absolute atomic E-state index is 11.0. The standard InChI is InChI=1S/C28H36N2O4S/c1-33-22-8-9-25-24(17-22)23(11-13-29-25)26(32)10-7-20-12-14-30(18-21(20)19-31)15-16-35-28-6-4-3-5-27(28)34-2/h3-6,8-9,11,13,17,20-21,26,31-32H,7,10,12,14-16,18-19H2,1-2H3/t20-,21-,26+/m1/s1. The molecule has 6 nitrogen and oxygen atoms in total. The number of ether oxygens (including phenoxy) is 2. The number of pyridine rings is 1. The van der Waals surface area contributed by atoms with Gasteiger partial charge in [0.1, 0.15) is 11.5 Å². The fourth-order valence-corrected chi connectivity index (χ4v) is 6.10. The first-order chi connectivity index (χ1) is 17.1. The number of thioether (sulfide) groups is 1. The lowest BCUT2D eigenvalue weighted by Crippen LogP contribution is -2.43. The van der Waals surface area contributed by atoms with Gasteiger partial charge in [0, 0.05) is 41.9 Å². The number of hydrogen-bond donors (Lipinski definition) is 2. The molecule has 0 unspecified atom stereocenters. The van der Waals surface area contributed by atoms with E-state index in [-0.39, 0.29) is 12.5 Å². The van der Waals surface area contributed by atoms with Crippen LogP contribution in [-0.4, -0.2) is 66.3 Å². The third kappa shape index (κ3) is 6.47. The molecule has 1 aliphatic heterocycles. The number of aliphatic hydroxyl groups excluding tert-OH is 2. The third-order valence-corrected chi connectivity index (χ3v) is 8.13. The van der Waals surface area contributed by atoms with E-state index in [0.717, 1.165) is 66.2 Å². The largest absolute Gasteiger partial charge is 0.497 e. The van der Waals surface area contributed by atoms with Crippen molar-refractivity contribution in [2.24, 2.45) is 11.8 Å². The van der Waals surface area contributed by atoms with E-state index < -0.39 is 6.10 Å². The zero-order chi connectivity index (χ0) is 24.6. The van der Waals surface area contributed by atoms with Gasteiger partial charge in [-0.1, -0.05) is 12.1 Å². The number of piperidine rings is 1. The number of methoxy groups -OCH3 is 2. The van der Waals surface area contributed by atoms with Crippen LogP contribution in [0.1, 0.15) is 30.9 Å². The topological polar surface area (TPSA) is 75.1 Å². The maximum Gasteiger partial charge on any atom is 0.132 e. The minimum Gasteiger partial charge on any atom is -0.497 e. The third-order valence-electron chi connectivity index (χ3n) is 7.10. The fraction of sp³-hybridized carbons (Fsp3) is 0.464. The van der Waals surface area contributed by atoms with Gasteiger partial charge in [0.25, 0.3) is 0 Å². The van der Waals surface area contributed by atoms with Crippen molar-refractivity contribution in [3.63, 3.8) is 0 Å². The molecule has 0 bridgehead atoms. The zero-order valence-corrected chi connectivity index (χ0v) is 21.4. The summed E-state index contributed by atoms with van der Waals surface area (Å²) in [6.07, 6.45) is 3.79. The summed E-state index contributed by atoms with van der Waals surface area (Å²) in [4.78, 5) is 8.05. The number of para-hydroxylation sites is 1. The summed E-state index contributed by atoms with van der Waals surface area (Å²) in [5.41, 5.74) is 1.75. The Balaban J connectivity index is 1.29. The Morgan fingerprint density at radius 3 is 2.77 bits per heavy atom. The van der Waals surface area contributed by atoms with Crippen LogP contribution < -0.4 is 9.47 Å². The van der Waals surface area contributed by atoms with Crippen molar-refractivity contribution < 1.29 is 19.7 Å². The number of benzene rings is 2. The second kappa shape index (κ2) is 12.6. The normalized spacial score (nSPS) is 19.5. The molecular weight excluding hydrogens is 460 g/mol. The number of fused-ring (bicyclic) bond motifs is 1. The highest BCUT2D eigenvalue weighted by atomic mass is 32.2. The molecule has 7 heteroatoms. The molecule has 1 aromatic heterocycles. The molecule has 0 spiro atoms. The van der Waals surface area contributed by atoms with E-state index in [9.17, 15) is 10.2 Å². The van der Waals surface area contributed by atoms with E-state index >= 15 is 0 Å². The van der Waals surface area contributed by atoms with Crippen LogP contribution in [0.15, 0.2) is 59.6 Å². The summed E-state index contributed by atoms with van der Waals surface area (Å²) in [5, 5.41) is 22.1. The van der Waals surface area contributed by atoms with Crippen molar-refractivity contribution in [3.8, 4) is 11.5 Å². The Kier molecular flexibility index (Phi) is 9.26. The van der Waals surface area contributed by atoms with E-state index in [4.69, 9.17) is 9.47 Å². The number of nitrogens with zero attached hydrogens (tertiary/aromatic N) is 2. The summed E-state index contributed by atoms with van der Waals surface area (Å²) < 4.78 is 10.8. The lowest BCUT2D eigenvalue weighted by Gasteiger charge is -2.38. The Labute approximate surface area is 212 Å². The van der Waals surface area contributed by atoms with Crippen molar-refractivity contribution in [2.75, 3.05) is 46.2 Å². The van der Waals surface area contributed by atoms with Crippen molar-refractivity contribution >= 4 is 22.7 Å². The lowest BCUT2D eigenvalue weighted by atomic mass is 9.81. The van der Waals surface area contributed by atoms with Crippen molar-refractivity contribution in [1.82, 2.24) is 9.88 Å². The van der Waals surface area contributed by atoms with Gasteiger partial charge in [-0.25, -0.2) is 0 Å². The number of aliphatic hydroxyl groups is 2. The molecule has 2 heterocycles. The first-order valence-corrected chi connectivity index (χ1v) is 13.3. The summed E-state index contributed by atoms with van der Waals surface area (Å²) in [5.74, 6) is 3.32. The molecule has 1 saturated heterocycles. The summed E-state index contributed by atoms with van der Waals surface area (Å²) in [6, 6.07) is 15.8. The van der Waals surface area contributed by atoms with Gasteiger partial charge >= 0.3 is 0 Å². The summed E-state index contributed by atoms with van der Waals surface area (Å²) in [6.45, 7) is 3.10. The molecule has 0 aliphatic carbocycles. The molecule has 1 fully saturated rings. The molecular formula is C28H36N2O4S. The second-order valence-corrected chi connectivity index (χ2v) is 10.3. The molecule has 3 aromatic rings. The Hall–Kier alpha value is -2.32. The van der Waals surface area contributed by atoms with Crippen LogP contribution in [0.5, 0.6) is 11.5 Å². The smallest absolute Gasteiger partial charge is 0.132 e. The monoisotopic (exact) mass is 496 g/mol. The molecule has 3 atom stereocenters. The average molecular weight is 497 g/mol. The Morgan fingerprint density at radius 2 is 1.97 bits per heavy atom. The van der Waals surface area contributed by atoms with Gasteiger partial charge in [0.05, 0.1) is 25.8 Å². The maximum atomic E-state index is 11.0. The van der Waals surface area contributed by atoms with Crippen LogP contribution in [0.4, 0.5) is 0 Å². The number of aromatic nitrogens is 1. The fourth-order valence-electron chi connectivity index (χ4n) is 5.06. The van der Waals surface area contributed by atoms with Gasteiger partial charge in [-0.15, -0.1) is 11.8 Å². The first-order valence-electron chi connectivity index (χ1n) is 12.3. The van der Waals surface area contributed by atoms with Gasteiger partial charge in [-0.2, -0.15) is 0 Å². The Bertz CT molecular complexity index is 1100. The number of hydrogen-bond acceptors (Lipinski definition) is 7. The van der Waals surface area contributed by atoms with E-state index in [1.54, 1.807) is 20.4 Å². The predicted molar refractivity (Wildman–Crippen MR) is 141 cm³/mol. The van der Waals surface area contributed by atoms with Crippen LogP contribution in [0.25, 0.3) is 10.9 Å². The van der Waals surface area contributed by atoms with Gasteiger partial charge in [0.15, 0.2) is 0 Å². The average Bonchev–Trinajstić information content (AvgIpc) is 2.91.